The van der Waals surface area contributed by atoms with E-state index in [0.29, 0.717) is 0 Å². The lowest BCUT2D eigenvalue weighted by atomic mass is 9.81. The Labute approximate surface area is 93.3 Å². The molecular weight excluding hydrogens is 188 g/mol. The van der Waals surface area contributed by atoms with Crippen LogP contribution < -0.4 is 0 Å². The van der Waals surface area contributed by atoms with Crippen LogP contribution in [0.4, 0.5) is 0 Å². The van der Waals surface area contributed by atoms with E-state index in [9.17, 15) is 5.11 Å². The Bertz CT molecular complexity index is 255. The van der Waals surface area contributed by atoms with Gasteiger partial charge in [-0.3, -0.25) is 0 Å². The van der Waals surface area contributed by atoms with Crippen molar-refractivity contribution in [2.24, 2.45) is 10.8 Å². The Morgan fingerprint density at radius 3 is 1.73 bits per heavy atom. The molecule has 1 aliphatic rings. The number of rotatable bonds is 0. The highest BCUT2D eigenvalue weighted by atomic mass is 16.5. The molecular formula is C13H24O2. The first kappa shape index (κ1) is 12.7. The highest BCUT2D eigenvalue weighted by molar-refractivity contribution is 5.20. The van der Waals surface area contributed by atoms with E-state index in [-0.39, 0.29) is 23.0 Å². The zero-order valence-corrected chi connectivity index (χ0v) is 10.8. The molecule has 0 aromatic rings. The van der Waals surface area contributed by atoms with E-state index >= 15 is 0 Å². The molecule has 1 rings (SSSR count). The minimum atomic E-state index is -0.533. The average molecular weight is 212 g/mol. The summed E-state index contributed by atoms with van der Waals surface area (Å²) in [4.78, 5) is 0. The first-order chi connectivity index (χ1) is 6.55. The van der Waals surface area contributed by atoms with Gasteiger partial charge in [-0.25, -0.2) is 0 Å². The molecule has 2 heteroatoms. The summed E-state index contributed by atoms with van der Waals surface area (Å²) < 4.78 is 5.97. The van der Waals surface area contributed by atoms with Crippen LogP contribution in [0.1, 0.15) is 41.5 Å². The van der Waals surface area contributed by atoms with Crippen molar-refractivity contribution in [1.82, 2.24) is 0 Å². The molecule has 0 aliphatic carbocycles. The Morgan fingerprint density at radius 1 is 1.07 bits per heavy atom. The molecule has 0 spiro atoms. The normalized spacial score (nSPS) is 33.5. The largest absolute Gasteiger partial charge is 0.386 e. The van der Waals surface area contributed by atoms with Crippen molar-refractivity contribution in [1.29, 1.82) is 0 Å². The van der Waals surface area contributed by atoms with Crippen LogP contribution in [0.15, 0.2) is 12.2 Å². The van der Waals surface area contributed by atoms with Crippen LogP contribution in [0.2, 0.25) is 0 Å². The van der Waals surface area contributed by atoms with E-state index in [4.69, 9.17) is 4.74 Å². The van der Waals surface area contributed by atoms with Crippen LogP contribution in [0.25, 0.3) is 0 Å². The Kier molecular flexibility index (Phi) is 3.05. The van der Waals surface area contributed by atoms with Gasteiger partial charge < -0.3 is 9.84 Å². The minimum absolute atomic E-state index is 0.00192. The molecule has 1 aliphatic heterocycles. The van der Waals surface area contributed by atoms with Gasteiger partial charge in [0, 0.05) is 0 Å². The molecule has 15 heavy (non-hydrogen) atoms. The summed E-state index contributed by atoms with van der Waals surface area (Å²) in [6.07, 6.45) is -0.722. The van der Waals surface area contributed by atoms with Gasteiger partial charge in [0.05, 0.1) is 12.2 Å². The number of ether oxygens (including phenoxy) is 1. The topological polar surface area (TPSA) is 29.5 Å². The molecule has 0 amide bonds. The molecule has 0 aromatic carbocycles. The van der Waals surface area contributed by atoms with E-state index in [1.54, 1.807) is 0 Å². The monoisotopic (exact) mass is 212 g/mol. The van der Waals surface area contributed by atoms with Crippen molar-refractivity contribution >= 4 is 0 Å². The Morgan fingerprint density at radius 2 is 1.53 bits per heavy atom. The van der Waals surface area contributed by atoms with Gasteiger partial charge in [0.1, 0.15) is 6.10 Å². The second kappa shape index (κ2) is 3.60. The fourth-order valence-electron chi connectivity index (χ4n) is 2.10. The fourth-order valence-corrected chi connectivity index (χ4v) is 2.10. The average Bonchev–Trinajstić information content (AvgIpc) is 2.26. The van der Waals surface area contributed by atoms with Crippen molar-refractivity contribution < 1.29 is 9.84 Å². The van der Waals surface area contributed by atoms with Crippen LogP contribution >= 0.6 is 0 Å². The second-order valence-corrected chi connectivity index (χ2v) is 6.69. The van der Waals surface area contributed by atoms with Gasteiger partial charge in [-0.2, -0.15) is 0 Å². The predicted octanol–water partition coefficient (Wildman–Crippen LogP) is 2.76. The smallest absolute Gasteiger partial charge is 0.104 e. The van der Waals surface area contributed by atoms with Crippen LogP contribution in [0.3, 0.4) is 0 Å². The molecule has 1 N–H and O–H groups in total. The second-order valence-electron chi connectivity index (χ2n) is 6.69. The summed E-state index contributed by atoms with van der Waals surface area (Å²) in [5.74, 6) is 0. The summed E-state index contributed by atoms with van der Waals surface area (Å²) in [7, 11) is 0. The molecule has 0 radical (unpaired) electrons. The highest BCUT2D eigenvalue weighted by Crippen LogP contribution is 2.42. The fraction of sp³-hybridized carbons (Fsp3) is 0.846. The number of hydrogen-bond acceptors (Lipinski definition) is 2. The maximum atomic E-state index is 10.1. The molecule has 3 unspecified atom stereocenters. The summed E-state index contributed by atoms with van der Waals surface area (Å²) >= 11 is 0. The van der Waals surface area contributed by atoms with E-state index in [0.717, 1.165) is 5.57 Å². The zero-order chi connectivity index (χ0) is 12.0. The number of aliphatic hydroxyl groups excluding tert-OH is 1. The summed E-state index contributed by atoms with van der Waals surface area (Å²) in [5.41, 5.74) is 0.767. The lowest BCUT2D eigenvalue weighted by Gasteiger charge is -2.31. The number of aliphatic hydroxyl groups is 1. The quantitative estimate of drug-likeness (QED) is 0.626. The van der Waals surface area contributed by atoms with Crippen LogP contribution in [-0.2, 0) is 4.74 Å². The molecule has 1 saturated heterocycles. The lowest BCUT2D eigenvalue weighted by molar-refractivity contribution is -0.0770. The molecule has 88 valence electrons. The van der Waals surface area contributed by atoms with E-state index in [1.807, 2.05) is 0 Å². The maximum absolute atomic E-state index is 10.1. The molecule has 1 fully saturated rings. The summed E-state index contributed by atoms with van der Waals surface area (Å²) in [5, 5.41) is 10.1. The third-order valence-electron chi connectivity index (χ3n) is 2.93. The standard InChI is InChI=1S/C13H24O2/c1-8-9(14)11(13(5,6)7)15-10(8)12(2,3)4/h9-11,14H,1H2,2-7H3. The third-order valence-corrected chi connectivity index (χ3v) is 2.93. The van der Waals surface area contributed by atoms with Gasteiger partial charge in [-0.15, -0.1) is 0 Å². The molecule has 0 bridgehead atoms. The Balaban J connectivity index is 2.91. The third kappa shape index (κ3) is 2.43. The van der Waals surface area contributed by atoms with Crippen molar-refractivity contribution in [3.63, 3.8) is 0 Å². The van der Waals surface area contributed by atoms with Crippen LogP contribution in [0, 0.1) is 10.8 Å². The number of hydrogen-bond donors (Lipinski definition) is 1. The highest BCUT2D eigenvalue weighted by Gasteiger charge is 2.47. The SMILES string of the molecule is C=C1C(O)C(C(C)(C)C)OC1C(C)(C)C. The molecule has 1 heterocycles. The van der Waals surface area contributed by atoms with E-state index in [1.165, 1.54) is 0 Å². The van der Waals surface area contributed by atoms with Gasteiger partial charge in [-0.1, -0.05) is 48.1 Å². The van der Waals surface area contributed by atoms with Crippen molar-refractivity contribution in [2.75, 3.05) is 0 Å². The van der Waals surface area contributed by atoms with Crippen molar-refractivity contribution in [3.05, 3.63) is 12.2 Å². The van der Waals surface area contributed by atoms with Gasteiger partial charge in [0.25, 0.3) is 0 Å². The first-order valence-electron chi connectivity index (χ1n) is 5.57. The summed E-state index contributed by atoms with van der Waals surface area (Å²) in [6.45, 7) is 16.6. The van der Waals surface area contributed by atoms with Gasteiger partial charge >= 0.3 is 0 Å². The van der Waals surface area contributed by atoms with Crippen molar-refractivity contribution in [2.45, 2.75) is 59.9 Å². The molecule has 2 nitrogen and oxygen atoms in total. The van der Waals surface area contributed by atoms with E-state index < -0.39 is 6.10 Å². The summed E-state index contributed by atoms with van der Waals surface area (Å²) in [6, 6.07) is 0. The van der Waals surface area contributed by atoms with Crippen LogP contribution in [-0.4, -0.2) is 23.4 Å². The van der Waals surface area contributed by atoms with E-state index in [2.05, 4.69) is 48.1 Å². The van der Waals surface area contributed by atoms with Gasteiger partial charge in [-0.05, 0) is 16.4 Å². The first-order valence-corrected chi connectivity index (χ1v) is 5.57. The molecule has 3 atom stereocenters. The Hall–Kier alpha value is -0.340. The van der Waals surface area contributed by atoms with Gasteiger partial charge in [0.2, 0.25) is 0 Å². The lowest BCUT2D eigenvalue weighted by Crippen LogP contribution is -2.35. The zero-order valence-electron chi connectivity index (χ0n) is 10.8. The maximum Gasteiger partial charge on any atom is 0.104 e. The molecule has 0 saturated carbocycles. The van der Waals surface area contributed by atoms with Crippen LogP contribution in [0.5, 0.6) is 0 Å². The predicted molar refractivity (Wildman–Crippen MR) is 62.7 cm³/mol. The van der Waals surface area contributed by atoms with Crippen molar-refractivity contribution in [3.8, 4) is 0 Å². The van der Waals surface area contributed by atoms with Gasteiger partial charge in [0.15, 0.2) is 0 Å². The molecule has 0 aromatic heterocycles. The minimum Gasteiger partial charge on any atom is -0.386 e.